The van der Waals surface area contributed by atoms with E-state index in [1.807, 2.05) is 0 Å². The van der Waals surface area contributed by atoms with Gasteiger partial charge in [-0.15, -0.1) is 0 Å². The Hall–Kier alpha value is -1.53. The molecule has 72 valence electrons. The highest BCUT2D eigenvalue weighted by Gasteiger charge is 2.24. The van der Waals surface area contributed by atoms with Gasteiger partial charge in [-0.1, -0.05) is 12.1 Å². The molecule has 14 heavy (non-hydrogen) atoms. The minimum Gasteiger partial charge on any atom is -0.482 e. The van der Waals surface area contributed by atoms with E-state index in [9.17, 15) is 4.79 Å². The Morgan fingerprint density at radius 3 is 2.93 bits per heavy atom. The second kappa shape index (κ2) is 3.32. The smallest absolute Gasteiger partial charge is 0.482 e. The van der Waals surface area contributed by atoms with E-state index in [0.29, 0.717) is 11.4 Å². The van der Waals surface area contributed by atoms with Gasteiger partial charge >= 0.3 is 7.12 Å². The van der Waals surface area contributed by atoms with Crippen molar-refractivity contribution < 1.29 is 19.6 Å². The van der Waals surface area contributed by atoms with Crippen molar-refractivity contribution >= 4 is 24.2 Å². The molecule has 6 heteroatoms. The van der Waals surface area contributed by atoms with Gasteiger partial charge in [0.2, 0.25) is 0 Å². The summed E-state index contributed by atoms with van der Waals surface area (Å²) >= 11 is 0. The predicted molar refractivity (Wildman–Crippen MR) is 50.4 cm³/mol. The first-order valence-corrected chi connectivity index (χ1v) is 4.10. The first-order chi connectivity index (χ1) is 6.68. The molecule has 1 aliphatic rings. The van der Waals surface area contributed by atoms with E-state index in [2.05, 4.69) is 5.32 Å². The molecule has 3 N–H and O–H groups in total. The van der Waals surface area contributed by atoms with E-state index in [1.54, 1.807) is 12.1 Å². The first-order valence-electron chi connectivity index (χ1n) is 4.10. The summed E-state index contributed by atoms with van der Waals surface area (Å²) in [5, 5.41) is 20.6. The summed E-state index contributed by atoms with van der Waals surface area (Å²) in [5.74, 6) is 0.154. The molecular formula is C8H8BNO4. The molecular weight excluding hydrogens is 185 g/mol. The zero-order chi connectivity index (χ0) is 10.1. The van der Waals surface area contributed by atoms with Crippen LogP contribution in [0.2, 0.25) is 0 Å². The second-order valence-electron chi connectivity index (χ2n) is 2.93. The number of nitrogens with one attached hydrogen (secondary N) is 1. The van der Waals surface area contributed by atoms with Crippen LogP contribution in [0.5, 0.6) is 5.75 Å². The number of para-hydroxylation sites is 1. The predicted octanol–water partition coefficient (Wildman–Crippen LogP) is -1.30. The van der Waals surface area contributed by atoms with E-state index in [1.165, 1.54) is 6.07 Å². The summed E-state index contributed by atoms with van der Waals surface area (Å²) in [7, 11) is -1.62. The van der Waals surface area contributed by atoms with Gasteiger partial charge in [-0.3, -0.25) is 4.79 Å². The molecule has 0 saturated heterocycles. The average molecular weight is 193 g/mol. The number of carbonyl (C=O) groups excluding carboxylic acids is 1. The van der Waals surface area contributed by atoms with Crippen LogP contribution in [-0.2, 0) is 4.79 Å². The van der Waals surface area contributed by atoms with Gasteiger partial charge in [0.05, 0.1) is 5.69 Å². The van der Waals surface area contributed by atoms with Crippen molar-refractivity contribution in [3.63, 3.8) is 0 Å². The lowest BCUT2D eigenvalue weighted by atomic mass is 9.78. The molecule has 1 amide bonds. The van der Waals surface area contributed by atoms with Crippen molar-refractivity contribution in [3.05, 3.63) is 18.2 Å². The van der Waals surface area contributed by atoms with E-state index >= 15 is 0 Å². The van der Waals surface area contributed by atoms with Gasteiger partial charge in [0.15, 0.2) is 6.61 Å². The number of ether oxygens (including phenoxy) is 1. The minimum absolute atomic E-state index is 0.0437. The van der Waals surface area contributed by atoms with Gasteiger partial charge in [-0.05, 0) is 6.07 Å². The number of carbonyl (C=O) groups is 1. The topological polar surface area (TPSA) is 78.8 Å². The first kappa shape index (κ1) is 9.05. The van der Waals surface area contributed by atoms with Gasteiger partial charge in [-0.25, -0.2) is 0 Å². The third kappa shape index (κ3) is 1.45. The van der Waals surface area contributed by atoms with E-state index < -0.39 is 7.12 Å². The van der Waals surface area contributed by atoms with Gasteiger partial charge in [0.1, 0.15) is 5.75 Å². The highest BCUT2D eigenvalue weighted by Crippen LogP contribution is 2.24. The maximum absolute atomic E-state index is 11.0. The largest absolute Gasteiger partial charge is 0.490 e. The highest BCUT2D eigenvalue weighted by atomic mass is 16.5. The summed E-state index contributed by atoms with van der Waals surface area (Å²) in [6, 6.07) is 4.80. The van der Waals surface area contributed by atoms with Crippen molar-refractivity contribution in [2.75, 3.05) is 11.9 Å². The maximum atomic E-state index is 11.0. The van der Waals surface area contributed by atoms with Crippen LogP contribution in [0.3, 0.4) is 0 Å². The van der Waals surface area contributed by atoms with Crippen molar-refractivity contribution in [1.29, 1.82) is 0 Å². The Labute approximate surface area is 80.5 Å². The normalized spacial score (nSPS) is 14.0. The van der Waals surface area contributed by atoms with E-state index in [0.717, 1.165) is 0 Å². The fraction of sp³-hybridized carbons (Fsp3) is 0.125. The zero-order valence-corrected chi connectivity index (χ0v) is 7.23. The Morgan fingerprint density at radius 2 is 2.21 bits per heavy atom. The molecule has 0 unspecified atom stereocenters. The van der Waals surface area contributed by atoms with Gasteiger partial charge in [0, 0.05) is 5.46 Å². The molecule has 1 aliphatic heterocycles. The number of rotatable bonds is 1. The average Bonchev–Trinajstić information content (AvgIpc) is 2.16. The van der Waals surface area contributed by atoms with E-state index in [-0.39, 0.29) is 18.0 Å². The van der Waals surface area contributed by atoms with Crippen LogP contribution in [0.25, 0.3) is 0 Å². The molecule has 0 bridgehead atoms. The lowest BCUT2D eigenvalue weighted by molar-refractivity contribution is -0.118. The molecule has 0 atom stereocenters. The van der Waals surface area contributed by atoms with Crippen LogP contribution >= 0.6 is 0 Å². The molecule has 1 heterocycles. The van der Waals surface area contributed by atoms with E-state index in [4.69, 9.17) is 14.8 Å². The quantitative estimate of drug-likeness (QED) is 0.484. The third-order valence-corrected chi connectivity index (χ3v) is 1.96. The molecule has 2 rings (SSSR count). The third-order valence-electron chi connectivity index (χ3n) is 1.96. The van der Waals surface area contributed by atoms with Gasteiger partial charge < -0.3 is 20.1 Å². The molecule has 0 aliphatic carbocycles. The summed E-state index contributed by atoms with van der Waals surface area (Å²) in [4.78, 5) is 11.0. The van der Waals surface area contributed by atoms with Gasteiger partial charge in [0.25, 0.3) is 5.91 Å². The summed E-state index contributed by atoms with van der Waals surface area (Å²) in [5.41, 5.74) is 0.564. The Bertz CT molecular complexity index is 380. The molecule has 5 nitrogen and oxygen atoms in total. The fourth-order valence-corrected chi connectivity index (χ4v) is 1.34. The number of hydrogen-bond acceptors (Lipinski definition) is 4. The Morgan fingerprint density at radius 1 is 1.43 bits per heavy atom. The lowest BCUT2D eigenvalue weighted by Gasteiger charge is -2.20. The number of amides is 1. The van der Waals surface area contributed by atoms with Crippen LogP contribution in [0.15, 0.2) is 18.2 Å². The lowest BCUT2D eigenvalue weighted by Crippen LogP contribution is -2.37. The van der Waals surface area contributed by atoms with Crippen LogP contribution in [0.4, 0.5) is 5.69 Å². The number of benzene rings is 1. The SMILES string of the molecule is O=C1COc2cccc(B(O)O)c2N1. The molecule has 0 saturated carbocycles. The molecule has 0 radical (unpaired) electrons. The molecule has 1 aromatic carbocycles. The standard InChI is InChI=1S/C8H8BNO4/c11-7-4-14-6-3-1-2-5(9(12)13)8(6)10-7/h1-3,12-13H,4H2,(H,10,11). The Kier molecular flexibility index (Phi) is 2.15. The molecule has 0 aromatic heterocycles. The Balaban J connectivity index is 2.48. The summed E-state index contributed by atoms with van der Waals surface area (Å²) in [6.45, 7) is -0.0437. The van der Waals surface area contributed by atoms with Crippen molar-refractivity contribution in [2.24, 2.45) is 0 Å². The monoisotopic (exact) mass is 193 g/mol. The number of hydrogen-bond donors (Lipinski definition) is 3. The molecule has 0 fully saturated rings. The van der Waals surface area contributed by atoms with Crippen LogP contribution in [0.1, 0.15) is 0 Å². The van der Waals surface area contributed by atoms with Crippen molar-refractivity contribution in [1.82, 2.24) is 0 Å². The number of fused-ring (bicyclic) bond motifs is 1. The molecule has 0 spiro atoms. The highest BCUT2D eigenvalue weighted by molar-refractivity contribution is 6.61. The summed E-state index contributed by atoms with van der Waals surface area (Å²) < 4.78 is 5.09. The second-order valence-corrected chi connectivity index (χ2v) is 2.93. The molecule has 1 aromatic rings. The van der Waals surface area contributed by atoms with Crippen molar-refractivity contribution in [3.8, 4) is 5.75 Å². The van der Waals surface area contributed by atoms with Crippen LogP contribution in [-0.4, -0.2) is 29.7 Å². The maximum Gasteiger partial charge on any atom is 0.490 e. The van der Waals surface area contributed by atoms with Crippen LogP contribution in [0, 0.1) is 0 Å². The fourth-order valence-electron chi connectivity index (χ4n) is 1.34. The van der Waals surface area contributed by atoms with Crippen LogP contribution < -0.4 is 15.5 Å². The number of anilines is 1. The summed E-state index contributed by atoms with van der Waals surface area (Å²) in [6.07, 6.45) is 0. The van der Waals surface area contributed by atoms with Crippen molar-refractivity contribution in [2.45, 2.75) is 0 Å². The minimum atomic E-state index is -1.62. The van der Waals surface area contributed by atoms with Gasteiger partial charge in [-0.2, -0.15) is 0 Å². The zero-order valence-electron chi connectivity index (χ0n) is 7.23.